The lowest BCUT2D eigenvalue weighted by molar-refractivity contribution is 0.0724. The quantitative estimate of drug-likeness (QED) is 0.231. The molecule has 0 saturated heterocycles. The van der Waals surface area contributed by atoms with Crippen molar-refractivity contribution >= 4 is 5.97 Å². The van der Waals surface area contributed by atoms with E-state index in [4.69, 9.17) is 4.74 Å². The zero-order valence-corrected chi connectivity index (χ0v) is 20.9. The smallest absolute Gasteiger partial charge is 0.349 e. The molecule has 1 atom stereocenters. The third-order valence-corrected chi connectivity index (χ3v) is 7.40. The predicted molar refractivity (Wildman–Crippen MR) is 136 cm³/mol. The number of rotatable bonds is 8. The monoisotopic (exact) mass is 494 g/mol. The second-order valence-electron chi connectivity index (χ2n) is 10.0. The molecule has 0 amide bonds. The number of benzene rings is 3. The molecule has 3 aromatic rings. The summed E-state index contributed by atoms with van der Waals surface area (Å²) in [5, 5.41) is 0. The minimum atomic E-state index is -1.17. The van der Waals surface area contributed by atoms with E-state index in [1.54, 1.807) is 0 Å². The fourth-order valence-electron chi connectivity index (χ4n) is 5.39. The minimum Gasteiger partial charge on any atom is -0.423 e. The molecule has 2 nitrogen and oxygen atoms in total. The average Bonchev–Trinajstić information content (AvgIpc) is 2.86. The van der Waals surface area contributed by atoms with E-state index in [1.807, 2.05) is 13.0 Å². The van der Waals surface area contributed by atoms with E-state index in [0.717, 1.165) is 44.6 Å². The van der Waals surface area contributed by atoms with Crippen molar-refractivity contribution in [3.05, 3.63) is 100 Å². The average molecular weight is 495 g/mol. The van der Waals surface area contributed by atoms with Crippen LogP contribution in [0.3, 0.4) is 0 Å². The van der Waals surface area contributed by atoms with E-state index < -0.39 is 29.0 Å². The second kappa shape index (κ2) is 11.8. The standard InChI is InChI=1S/C31H33F3O2/c1-3-7-24-14-15-26(19-27(24)32)36-31(35)30-28(33)17-25(18-29(30)34)23-12-10-21(11-13-23)16-20(2)22-8-5-4-6-9-22/h4-6,8-9,14-15,17-21,23H,3,7,10-13,16H2,1-2H3/t20-,21?,23?/m0/s1. The molecule has 1 aliphatic rings. The van der Waals surface area contributed by atoms with Crippen molar-refractivity contribution in [2.45, 2.75) is 70.6 Å². The summed E-state index contributed by atoms with van der Waals surface area (Å²) >= 11 is 0. The lowest BCUT2D eigenvalue weighted by Gasteiger charge is -2.30. The van der Waals surface area contributed by atoms with E-state index in [1.165, 1.54) is 29.8 Å². The molecule has 0 spiro atoms. The summed E-state index contributed by atoms with van der Waals surface area (Å²) in [7, 11) is 0. The lowest BCUT2D eigenvalue weighted by Crippen LogP contribution is -2.17. The molecule has 0 unspecified atom stereocenters. The second-order valence-corrected chi connectivity index (χ2v) is 10.0. The number of hydrogen-bond acceptors (Lipinski definition) is 2. The summed E-state index contributed by atoms with van der Waals surface area (Å²) in [6, 6.07) is 17.0. The maximum Gasteiger partial charge on any atom is 0.349 e. The van der Waals surface area contributed by atoms with Crippen LogP contribution in [-0.4, -0.2) is 5.97 Å². The molecule has 4 rings (SSSR count). The summed E-state index contributed by atoms with van der Waals surface area (Å²) in [6.45, 7) is 4.18. The Kier molecular flexibility index (Phi) is 8.50. The summed E-state index contributed by atoms with van der Waals surface area (Å²) in [6.07, 6.45) is 6.16. The Morgan fingerprint density at radius 1 is 0.917 bits per heavy atom. The van der Waals surface area contributed by atoms with Gasteiger partial charge in [-0.2, -0.15) is 0 Å². The van der Waals surface area contributed by atoms with Crippen molar-refractivity contribution in [2.24, 2.45) is 5.92 Å². The molecule has 3 aromatic carbocycles. The summed E-state index contributed by atoms with van der Waals surface area (Å²) in [4.78, 5) is 12.5. The number of halogens is 3. The summed E-state index contributed by atoms with van der Waals surface area (Å²) in [5.41, 5.74) is 1.67. The van der Waals surface area contributed by atoms with Crippen LogP contribution in [0.5, 0.6) is 5.75 Å². The lowest BCUT2D eigenvalue weighted by atomic mass is 9.75. The first-order chi connectivity index (χ1) is 17.4. The number of carbonyl (C=O) groups is 1. The molecule has 0 radical (unpaired) electrons. The van der Waals surface area contributed by atoms with Gasteiger partial charge in [0.25, 0.3) is 0 Å². The maximum absolute atomic E-state index is 14.9. The Labute approximate surface area is 211 Å². The zero-order chi connectivity index (χ0) is 25.7. The molecule has 5 heteroatoms. The minimum absolute atomic E-state index is 0.0579. The van der Waals surface area contributed by atoms with Gasteiger partial charge in [-0.3, -0.25) is 0 Å². The van der Waals surface area contributed by atoms with Crippen LogP contribution in [0, 0.1) is 23.4 Å². The largest absolute Gasteiger partial charge is 0.423 e. The van der Waals surface area contributed by atoms with Gasteiger partial charge in [-0.1, -0.05) is 56.7 Å². The molecule has 0 bridgehead atoms. The van der Waals surface area contributed by atoms with Crippen molar-refractivity contribution in [2.75, 3.05) is 0 Å². The van der Waals surface area contributed by atoms with Crippen LogP contribution in [-0.2, 0) is 6.42 Å². The third-order valence-electron chi connectivity index (χ3n) is 7.40. The Hall–Kier alpha value is -3.08. The normalized spacial score (nSPS) is 18.6. The molecule has 1 aliphatic carbocycles. The Bertz CT molecular complexity index is 1160. The van der Waals surface area contributed by atoms with E-state index in [0.29, 0.717) is 29.4 Å². The Balaban J connectivity index is 1.38. The van der Waals surface area contributed by atoms with Crippen LogP contribution in [0.1, 0.15) is 91.3 Å². The van der Waals surface area contributed by atoms with Gasteiger partial charge in [0.2, 0.25) is 0 Å². The maximum atomic E-state index is 14.9. The number of aryl methyl sites for hydroxylation is 1. The number of ether oxygens (including phenoxy) is 1. The molecule has 36 heavy (non-hydrogen) atoms. The van der Waals surface area contributed by atoms with Crippen molar-refractivity contribution in [1.82, 2.24) is 0 Å². The zero-order valence-electron chi connectivity index (χ0n) is 20.9. The Morgan fingerprint density at radius 2 is 1.58 bits per heavy atom. The molecule has 0 aliphatic heterocycles. The Morgan fingerprint density at radius 3 is 2.19 bits per heavy atom. The van der Waals surface area contributed by atoms with Gasteiger partial charge in [0.05, 0.1) is 0 Å². The first-order valence-electron chi connectivity index (χ1n) is 12.9. The van der Waals surface area contributed by atoms with Crippen LogP contribution in [0.15, 0.2) is 60.7 Å². The first-order valence-corrected chi connectivity index (χ1v) is 12.9. The molecule has 1 saturated carbocycles. The van der Waals surface area contributed by atoms with Crippen LogP contribution in [0.25, 0.3) is 0 Å². The van der Waals surface area contributed by atoms with Crippen LogP contribution >= 0.6 is 0 Å². The summed E-state index contributed by atoms with van der Waals surface area (Å²) in [5.74, 6) is -2.53. The predicted octanol–water partition coefficient (Wildman–Crippen LogP) is 8.74. The molecule has 1 fully saturated rings. The van der Waals surface area contributed by atoms with Gasteiger partial charge in [-0.15, -0.1) is 0 Å². The third kappa shape index (κ3) is 6.18. The van der Waals surface area contributed by atoms with Gasteiger partial charge in [-0.25, -0.2) is 18.0 Å². The van der Waals surface area contributed by atoms with Gasteiger partial charge in [0.15, 0.2) is 0 Å². The highest BCUT2D eigenvalue weighted by Gasteiger charge is 2.27. The number of hydrogen-bond donors (Lipinski definition) is 0. The number of carbonyl (C=O) groups excluding carboxylic acids is 1. The van der Waals surface area contributed by atoms with Crippen LogP contribution < -0.4 is 4.74 Å². The van der Waals surface area contributed by atoms with Crippen LogP contribution in [0.2, 0.25) is 0 Å². The van der Waals surface area contributed by atoms with Gasteiger partial charge < -0.3 is 4.74 Å². The van der Waals surface area contributed by atoms with Crippen LogP contribution in [0.4, 0.5) is 13.2 Å². The highest BCUT2D eigenvalue weighted by atomic mass is 19.1. The molecule has 190 valence electrons. The molecular formula is C31H33F3O2. The van der Waals surface area contributed by atoms with E-state index >= 15 is 0 Å². The van der Waals surface area contributed by atoms with Crippen molar-refractivity contribution in [3.8, 4) is 5.75 Å². The molecular weight excluding hydrogens is 461 g/mol. The van der Waals surface area contributed by atoms with Crippen molar-refractivity contribution in [3.63, 3.8) is 0 Å². The first kappa shape index (κ1) is 26.0. The molecule has 0 N–H and O–H groups in total. The molecule has 0 heterocycles. The van der Waals surface area contributed by atoms with Gasteiger partial charge >= 0.3 is 5.97 Å². The highest BCUT2D eigenvalue weighted by Crippen LogP contribution is 2.40. The topological polar surface area (TPSA) is 26.3 Å². The molecule has 0 aromatic heterocycles. The van der Waals surface area contributed by atoms with Crippen molar-refractivity contribution < 1.29 is 22.7 Å². The van der Waals surface area contributed by atoms with Crippen molar-refractivity contribution in [1.29, 1.82) is 0 Å². The van der Waals surface area contributed by atoms with Gasteiger partial charge in [-0.05, 0) is 91.2 Å². The summed E-state index contributed by atoms with van der Waals surface area (Å²) < 4.78 is 49.0. The fourth-order valence-corrected chi connectivity index (χ4v) is 5.39. The van der Waals surface area contributed by atoms with E-state index in [9.17, 15) is 18.0 Å². The van der Waals surface area contributed by atoms with Gasteiger partial charge in [0.1, 0.15) is 28.8 Å². The SMILES string of the molecule is CCCc1ccc(OC(=O)c2c(F)cc(C3CCC(C[C@H](C)c4ccccc4)CC3)cc2F)cc1F. The van der Waals surface area contributed by atoms with E-state index in [-0.39, 0.29) is 11.7 Å². The number of esters is 1. The highest BCUT2D eigenvalue weighted by molar-refractivity contribution is 5.91. The van der Waals surface area contributed by atoms with E-state index in [2.05, 4.69) is 31.2 Å². The van der Waals surface area contributed by atoms with Gasteiger partial charge in [0, 0.05) is 6.07 Å². The fraction of sp³-hybridized carbons (Fsp3) is 0.387.